The summed E-state index contributed by atoms with van der Waals surface area (Å²) in [5.74, 6) is 0. The first-order valence-corrected chi connectivity index (χ1v) is 6.73. The van der Waals surface area contributed by atoms with Crippen LogP contribution in [-0.2, 0) is 6.54 Å². The Morgan fingerprint density at radius 3 is 2.67 bits per heavy atom. The molecule has 21 heavy (non-hydrogen) atoms. The predicted octanol–water partition coefficient (Wildman–Crippen LogP) is 2.96. The van der Waals surface area contributed by atoms with E-state index in [2.05, 4.69) is 22.6 Å². The Kier molecular flexibility index (Phi) is 4.72. The fraction of sp³-hybridized carbons (Fsp3) is 0.286. The van der Waals surface area contributed by atoms with Gasteiger partial charge in [0, 0.05) is 18.1 Å². The molecule has 0 aliphatic rings. The van der Waals surface area contributed by atoms with Gasteiger partial charge >= 0.3 is 6.18 Å². The molecule has 0 spiro atoms. The predicted molar refractivity (Wildman–Crippen MR) is 76.9 cm³/mol. The van der Waals surface area contributed by atoms with E-state index in [1.807, 2.05) is 19.1 Å². The average molecular weight is 313 g/mol. The fourth-order valence-electron chi connectivity index (χ4n) is 1.71. The Bertz CT molecular complexity index is 662. The normalized spacial score (nSPS) is 14.2. The minimum absolute atomic E-state index is 0.218. The quantitative estimate of drug-likeness (QED) is 0.868. The summed E-state index contributed by atoms with van der Waals surface area (Å²) < 4.78 is 39.3. The van der Waals surface area contributed by atoms with Crippen molar-refractivity contribution in [2.24, 2.45) is 4.99 Å². The zero-order valence-electron chi connectivity index (χ0n) is 11.2. The third kappa shape index (κ3) is 4.35. The number of alkyl halides is 3. The van der Waals surface area contributed by atoms with Gasteiger partial charge < -0.3 is 4.57 Å². The van der Waals surface area contributed by atoms with Gasteiger partial charge in [-0.2, -0.15) is 13.2 Å². The minimum Gasteiger partial charge on any atom is -0.329 e. The fourth-order valence-corrected chi connectivity index (χ4v) is 1.82. The number of rotatable bonds is 3. The summed E-state index contributed by atoms with van der Waals surface area (Å²) in [6.45, 7) is 2.26. The number of pyridine rings is 2. The summed E-state index contributed by atoms with van der Waals surface area (Å²) in [7, 11) is 0. The van der Waals surface area contributed by atoms with Crippen molar-refractivity contribution in [2.75, 3.05) is 0 Å². The molecule has 2 aromatic heterocycles. The van der Waals surface area contributed by atoms with Gasteiger partial charge in [-0.3, -0.25) is 4.98 Å². The van der Waals surface area contributed by atoms with Gasteiger partial charge in [0.1, 0.15) is 5.49 Å². The molecule has 0 aliphatic heterocycles. The number of aromatic nitrogens is 2. The summed E-state index contributed by atoms with van der Waals surface area (Å²) >= 11 is 3.49. The summed E-state index contributed by atoms with van der Waals surface area (Å²) in [6, 6.07) is 8.64. The van der Waals surface area contributed by atoms with Gasteiger partial charge in [0.15, 0.2) is 5.37 Å². The Labute approximate surface area is 125 Å². The van der Waals surface area contributed by atoms with Crippen LogP contribution >= 0.6 is 12.6 Å². The molecule has 0 aliphatic carbocycles. The van der Waals surface area contributed by atoms with Gasteiger partial charge in [-0.15, -0.1) is 12.6 Å². The van der Waals surface area contributed by atoms with Crippen LogP contribution in [0.25, 0.3) is 0 Å². The number of hydrogen-bond donors (Lipinski definition) is 1. The topological polar surface area (TPSA) is 30.2 Å². The Morgan fingerprint density at radius 1 is 1.29 bits per heavy atom. The van der Waals surface area contributed by atoms with E-state index in [1.165, 1.54) is 6.07 Å². The molecule has 112 valence electrons. The third-order valence-corrected chi connectivity index (χ3v) is 3.20. The molecule has 0 N–H and O–H groups in total. The highest BCUT2D eigenvalue weighted by molar-refractivity contribution is 7.81. The maximum Gasteiger partial charge on any atom is 0.420 e. The van der Waals surface area contributed by atoms with Crippen molar-refractivity contribution in [1.82, 2.24) is 9.55 Å². The second-order valence-corrected chi connectivity index (χ2v) is 5.03. The highest BCUT2D eigenvalue weighted by Crippen LogP contribution is 2.24. The van der Waals surface area contributed by atoms with Crippen molar-refractivity contribution in [3.8, 4) is 0 Å². The van der Waals surface area contributed by atoms with Crippen molar-refractivity contribution in [1.29, 1.82) is 0 Å². The van der Waals surface area contributed by atoms with Gasteiger partial charge in [0.25, 0.3) is 0 Å². The van der Waals surface area contributed by atoms with Crippen molar-refractivity contribution in [3.63, 3.8) is 0 Å². The van der Waals surface area contributed by atoms with Crippen LogP contribution in [0.3, 0.4) is 0 Å². The van der Waals surface area contributed by atoms with Crippen LogP contribution in [0.15, 0.2) is 47.7 Å². The van der Waals surface area contributed by atoms with Crippen LogP contribution in [0.4, 0.5) is 13.2 Å². The first-order chi connectivity index (χ1) is 9.86. The molecule has 3 nitrogen and oxygen atoms in total. The van der Waals surface area contributed by atoms with Gasteiger partial charge in [0.2, 0.25) is 0 Å². The number of halogens is 3. The van der Waals surface area contributed by atoms with E-state index in [4.69, 9.17) is 0 Å². The van der Waals surface area contributed by atoms with Gasteiger partial charge in [-0.1, -0.05) is 12.1 Å². The maximum absolute atomic E-state index is 12.5. The van der Waals surface area contributed by atoms with Crippen LogP contribution < -0.4 is 5.49 Å². The molecule has 2 aromatic rings. The van der Waals surface area contributed by atoms with E-state index in [-0.39, 0.29) is 5.49 Å². The van der Waals surface area contributed by atoms with Crippen molar-refractivity contribution < 1.29 is 13.2 Å². The molecule has 2 rings (SSSR count). The first kappa shape index (κ1) is 15.6. The molecule has 2 heterocycles. The molecule has 7 heteroatoms. The molecule has 0 fully saturated rings. The molecule has 0 saturated carbocycles. The molecule has 0 saturated heterocycles. The second-order valence-electron chi connectivity index (χ2n) is 4.54. The van der Waals surface area contributed by atoms with Crippen molar-refractivity contribution in [2.45, 2.75) is 25.0 Å². The van der Waals surface area contributed by atoms with Crippen molar-refractivity contribution in [3.05, 3.63) is 59.5 Å². The van der Waals surface area contributed by atoms with Crippen LogP contribution in [0.2, 0.25) is 0 Å². The van der Waals surface area contributed by atoms with Crippen LogP contribution in [0, 0.1) is 6.92 Å². The molecule has 0 aromatic carbocycles. The maximum atomic E-state index is 12.5. The van der Waals surface area contributed by atoms with E-state index < -0.39 is 11.6 Å². The zero-order valence-corrected chi connectivity index (χ0v) is 12.1. The zero-order chi connectivity index (χ0) is 15.5. The first-order valence-electron chi connectivity index (χ1n) is 6.22. The number of thiol groups is 1. The largest absolute Gasteiger partial charge is 0.420 e. The SMILES string of the molecule is Cc1ccc(Cn2ccccc2=NC(S)C(F)(F)F)cn1. The summed E-state index contributed by atoms with van der Waals surface area (Å²) in [5, 5.41) is -2.04. The Balaban J connectivity index is 2.33. The molecule has 0 amide bonds. The summed E-state index contributed by atoms with van der Waals surface area (Å²) in [4.78, 5) is 7.79. The number of hydrogen-bond acceptors (Lipinski definition) is 3. The smallest absolute Gasteiger partial charge is 0.329 e. The lowest BCUT2D eigenvalue weighted by Crippen LogP contribution is -2.28. The lowest BCUT2D eigenvalue weighted by Gasteiger charge is -2.12. The highest BCUT2D eigenvalue weighted by atomic mass is 32.1. The van der Waals surface area contributed by atoms with Gasteiger partial charge in [-0.25, -0.2) is 4.99 Å². The number of aryl methyl sites for hydroxylation is 1. The Morgan fingerprint density at radius 2 is 2.05 bits per heavy atom. The standard InChI is InChI=1S/C14H14F3N3S/c1-10-5-6-11(8-18-10)9-20-7-3-2-4-12(20)19-13(21)14(15,16)17/h2-8,13,21H,9H2,1H3. The second kappa shape index (κ2) is 6.34. The van der Waals surface area contributed by atoms with Crippen LogP contribution in [0.5, 0.6) is 0 Å². The van der Waals surface area contributed by atoms with Crippen molar-refractivity contribution >= 4 is 12.6 Å². The summed E-state index contributed by atoms with van der Waals surface area (Å²) in [6.07, 6.45) is -1.10. The average Bonchev–Trinajstić information content (AvgIpc) is 2.42. The van der Waals surface area contributed by atoms with Gasteiger partial charge in [0.05, 0.1) is 6.54 Å². The molecule has 1 unspecified atom stereocenters. The molecular formula is C14H14F3N3S. The van der Waals surface area contributed by atoms with E-state index in [0.29, 0.717) is 6.54 Å². The number of nitrogens with zero attached hydrogens (tertiary/aromatic N) is 3. The highest BCUT2D eigenvalue weighted by Gasteiger charge is 2.36. The molecular weight excluding hydrogens is 299 g/mol. The molecule has 0 bridgehead atoms. The van der Waals surface area contributed by atoms with Gasteiger partial charge in [-0.05, 0) is 30.7 Å². The van der Waals surface area contributed by atoms with E-state index in [9.17, 15) is 13.2 Å². The van der Waals surface area contributed by atoms with E-state index in [0.717, 1.165) is 11.3 Å². The lowest BCUT2D eigenvalue weighted by molar-refractivity contribution is -0.127. The lowest BCUT2D eigenvalue weighted by atomic mass is 10.2. The monoisotopic (exact) mass is 313 g/mol. The molecule has 1 atom stereocenters. The van der Waals surface area contributed by atoms with E-state index in [1.54, 1.807) is 29.1 Å². The Hall–Kier alpha value is -1.76. The minimum atomic E-state index is -4.47. The van der Waals surface area contributed by atoms with Crippen LogP contribution in [-0.4, -0.2) is 21.1 Å². The third-order valence-electron chi connectivity index (χ3n) is 2.79. The summed E-state index contributed by atoms with van der Waals surface area (Å²) in [5.41, 5.74) is 1.99. The van der Waals surface area contributed by atoms with Crippen LogP contribution in [0.1, 0.15) is 11.3 Å². The molecule has 0 radical (unpaired) electrons. The van der Waals surface area contributed by atoms with E-state index >= 15 is 0 Å².